The molecule has 0 amide bonds. The second-order valence-corrected chi connectivity index (χ2v) is 8.45. The summed E-state index contributed by atoms with van der Waals surface area (Å²) in [6.07, 6.45) is 4.96. The number of nitrogens with zero attached hydrogens (tertiary/aromatic N) is 4. The SMILES string of the molecule is Cc1nc(S(=O)(=O)Nc2cccc(-c3nc4ccncc4s3)c2)cn1C. The molecule has 1 N–H and O–H groups in total. The lowest BCUT2D eigenvalue weighted by Gasteiger charge is -2.07. The van der Waals surface area contributed by atoms with Gasteiger partial charge in [0, 0.05) is 36.9 Å². The van der Waals surface area contributed by atoms with Gasteiger partial charge in [0.15, 0.2) is 5.03 Å². The average Bonchev–Trinajstić information content (AvgIpc) is 3.19. The number of aromatic nitrogens is 4. The summed E-state index contributed by atoms with van der Waals surface area (Å²) in [5, 5.41) is 0.802. The molecule has 0 radical (unpaired) electrons. The zero-order valence-corrected chi connectivity index (χ0v) is 15.7. The summed E-state index contributed by atoms with van der Waals surface area (Å²) in [5.41, 5.74) is 2.17. The Hall–Kier alpha value is -2.78. The van der Waals surface area contributed by atoms with Crippen LogP contribution in [0.15, 0.2) is 53.9 Å². The van der Waals surface area contributed by atoms with Gasteiger partial charge in [0.25, 0.3) is 10.0 Å². The molecule has 0 fully saturated rings. The first kappa shape index (κ1) is 16.7. The van der Waals surface area contributed by atoms with Crippen molar-refractivity contribution in [3.8, 4) is 10.6 Å². The normalized spacial score (nSPS) is 11.8. The lowest BCUT2D eigenvalue weighted by atomic mass is 10.2. The number of thiazole rings is 1. The highest BCUT2D eigenvalue weighted by molar-refractivity contribution is 7.92. The van der Waals surface area contributed by atoms with E-state index in [-0.39, 0.29) is 5.03 Å². The highest BCUT2D eigenvalue weighted by Gasteiger charge is 2.19. The van der Waals surface area contributed by atoms with Crippen LogP contribution >= 0.6 is 11.3 Å². The number of aryl methyl sites for hydroxylation is 2. The summed E-state index contributed by atoms with van der Waals surface area (Å²) in [6, 6.07) is 9.00. The third-order valence-corrected chi connectivity index (χ3v) is 6.22. The van der Waals surface area contributed by atoms with E-state index >= 15 is 0 Å². The van der Waals surface area contributed by atoms with E-state index in [4.69, 9.17) is 0 Å². The van der Waals surface area contributed by atoms with Gasteiger partial charge in [-0.3, -0.25) is 9.71 Å². The van der Waals surface area contributed by atoms with Crippen molar-refractivity contribution in [2.75, 3.05) is 4.72 Å². The third-order valence-electron chi connectivity index (χ3n) is 3.91. The number of benzene rings is 1. The number of pyridine rings is 1. The highest BCUT2D eigenvalue weighted by atomic mass is 32.2. The Kier molecular flexibility index (Phi) is 3.97. The van der Waals surface area contributed by atoms with Crippen LogP contribution in [0.1, 0.15) is 5.82 Å². The zero-order chi connectivity index (χ0) is 18.3. The average molecular weight is 385 g/mol. The van der Waals surface area contributed by atoms with Crippen LogP contribution in [0.2, 0.25) is 0 Å². The quantitative estimate of drug-likeness (QED) is 0.583. The third kappa shape index (κ3) is 3.06. The Balaban J connectivity index is 1.67. The van der Waals surface area contributed by atoms with Crippen LogP contribution in [0.3, 0.4) is 0 Å². The van der Waals surface area contributed by atoms with E-state index in [0.29, 0.717) is 11.5 Å². The van der Waals surface area contributed by atoms with Gasteiger partial charge in [-0.05, 0) is 25.1 Å². The van der Waals surface area contributed by atoms with Crippen molar-refractivity contribution in [2.45, 2.75) is 11.9 Å². The monoisotopic (exact) mass is 385 g/mol. The smallest absolute Gasteiger partial charge is 0.280 e. The van der Waals surface area contributed by atoms with E-state index < -0.39 is 10.0 Å². The lowest BCUT2D eigenvalue weighted by Crippen LogP contribution is -2.13. The number of anilines is 1. The number of sulfonamides is 1. The molecule has 7 nitrogen and oxygen atoms in total. The van der Waals surface area contributed by atoms with Crippen molar-refractivity contribution in [3.63, 3.8) is 0 Å². The minimum atomic E-state index is -3.75. The largest absolute Gasteiger partial charge is 0.337 e. The van der Waals surface area contributed by atoms with Crippen molar-refractivity contribution in [3.05, 3.63) is 54.7 Å². The Morgan fingerprint density at radius 1 is 1.19 bits per heavy atom. The molecule has 132 valence electrons. The van der Waals surface area contributed by atoms with Crippen molar-refractivity contribution in [1.82, 2.24) is 19.5 Å². The van der Waals surface area contributed by atoms with E-state index in [1.807, 2.05) is 12.1 Å². The number of fused-ring (bicyclic) bond motifs is 1. The summed E-state index contributed by atoms with van der Waals surface area (Å²) < 4.78 is 30.3. The first-order valence-corrected chi connectivity index (χ1v) is 10.1. The van der Waals surface area contributed by atoms with Crippen LogP contribution in [0.5, 0.6) is 0 Å². The van der Waals surface area contributed by atoms with Crippen LogP contribution in [0.25, 0.3) is 20.8 Å². The number of imidazole rings is 1. The molecule has 0 aliphatic rings. The van der Waals surface area contributed by atoms with Gasteiger partial charge in [-0.2, -0.15) is 8.42 Å². The van der Waals surface area contributed by atoms with Crippen molar-refractivity contribution >= 4 is 37.3 Å². The van der Waals surface area contributed by atoms with Crippen molar-refractivity contribution in [2.24, 2.45) is 7.05 Å². The Morgan fingerprint density at radius 3 is 2.77 bits per heavy atom. The summed E-state index contributed by atoms with van der Waals surface area (Å²) >= 11 is 1.51. The minimum absolute atomic E-state index is 0.00559. The van der Waals surface area contributed by atoms with Gasteiger partial charge in [0.2, 0.25) is 0 Å². The van der Waals surface area contributed by atoms with Gasteiger partial charge in [-0.15, -0.1) is 11.3 Å². The molecule has 3 heterocycles. The molecule has 3 aromatic heterocycles. The minimum Gasteiger partial charge on any atom is -0.337 e. The molecular formula is C17H15N5O2S2. The van der Waals surface area contributed by atoms with Crippen molar-refractivity contribution < 1.29 is 8.42 Å². The summed E-state index contributed by atoms with van der Waals surface area (Å²) in [7, 11) is -1.99. The molecule has 9 heteroatoms. The number of hydrogen-bond acceptors (Lipinski definition) is 6. The molecule has 0 bridgehead atoms. The molecule has 0 atom stereocenters. The van der Waals surface area contributed by atoms with E-state index in [1.165, 1.54) is 17.5 Å². The predicted octanol–water partition coefficient (Wildman–Crippen LogP) is 3.20. The molecule has 0 aliphatic heterocycles. The van der Waals surface area contributed by atoms with E-state index in [9.17, 15) is 8.42 Å². The first-order chi connectivity index (χ1) is 12.4. The van der Waals surface area contributed by atoms with Gasteiger partial charge in [0.1, 0.15) is 10.8 Å². The summed E-state index contributed by atoms with van der Waals surface area (Å²) in [6.45, 7) is 1.75. The molecule has 0 spiro atoms. The van der Waals surface area contributed by atoms with Crippen LogP contribution in [-0.4, -0.2) is 27.9 Å². The van der Waals surface area contributed by atoms with Crippen LogP contribution in [-0.2, 0) is 17.1 Å². The molecule has 4 rings (SSSR count). The fourth-order valence-corrected chi connectivity index (χ4v) is 4.50. The lowest BCUT2D eigenvalue weighted by molar-refractivity contribution is 0.598. The molecule has 1 aromatic carbocycles. The van der Waals surface area contributed by atoms with Gasteiger partial charge in [0.05, 0.1) is 10.2 Å². The number of hydrogen-bond donors (Lipinski definition) is 1. The fraction of sp³-hybridized carbons (Fsp3) is 0.118. The van der Waals surface area contributed by atoms with E-state index in [1.54, 1.807) is 49.1 Å². The molecule has 26 heavy (non-hydrogen) atoms. The Labute approximate surface area is 154 Å². The second kappa shape index (κ2) is 6.19. The van der Waals surface area contributed by atoms with Crippen LogP contribution < -0.4 is 4.72 Å². The molecule has 0 saturated carbocycles. The van der Waals surface area contributed by atoms with Crippen molar-refractivity contribution in [1.29, 1.82) is 0 Å². The first-order valence-electron chi connectivity index (χ1n) is 7.76. The summed E-state index contributed by atoms with van der Waals surface area (Å²) in [4.78, 5) is 12.8. The topological polar surface area (TPSA) is 89.8 Å². The van der Waals surface area contributed by atoms with E-state index in [2.05, 4.69) is 19.7 Å². The molecular weight excluding hydrogens is 370 g/mol. The fourth-order valence-electron chi connectivity index (χ4n) is 2.48. The zero-order valence-electron chi connectivity index (χ0n) is 14.0. The molecule has 0 unspecified atom stereocenters. The maximum absolute atomic E-state index is 12.5. The molecule has 4 aromatic rings. The van der Waals surface area contributed by atoms with Gasteiger partial charge in [-0.25, -0.2) is 9.97 Å². The highest BCUT2D eigenvalue weighted by Crippen LogP contribution is 2.31. The van der Waals surface area contributed by atoms with Crippen LogP contribution in [0.4, 0.5) is 5.69 Å². The van der Waals surface area contributed by atoms with Gasteiger partial charge >= 0.3 is 0 Å². The van der Waals surface area contributed by atoms with Crippen LogP contribution in [0, 0.1) is 6.92 Å². The molecule has 0 aliphatic carbocycles. The Bertz CT molecular complexity index is 1160. The number of rotatable bonds is 4. The van der Waals surface area contributed by atoms with Gasteiger partial charge < -0.3 is 4.57 Å². The predicted molar refractivity (Wildman–Crippen MR) is 102 cm³/mol. The second-order valence-electron chi connectivity index (χ2n) is 5.79. The summed E-state index contributed by atoms with van der Waals surface area (Å²) in [5.74, 6) is 0.627. The standard InChI is InChI=1S/C17H15N5O2S2/c1-11-19-16(10-22(11)2)26(23,24)21-13-5-3-4-12(8-13)17-20-14-6-7-18-9-15(14)25-17/h3-10,21H,1-2H3. The Morgan fingerprint density at radius 2 is 2.04 bits per heavy atom. The molecule has 0 saturated heterocycles. The number of nitrogens with one attached hydrogen (secondary N) is 1. The van der Waals surface area contributed by atoms with E-state index in [0.717, 1.165) is 20.8 Å². The maximum Gasteiger partial charge on any atom is 0.280 e. The maximum atomic E-state index is 12.5. The van der Waals surface area contributed by atoms with Gasteiger partial charge in [-0.1, -0.05) is 12.1 Å².